The van der Waals surface area contributed by atoms with Crippen molar-refractivity contribution in [2.24, 2.45) is 5.92 Å². The van der Waals surface area contributed by atoms with E-state index in [1.54, 1.807) is 0 Å². The highest BCUT2D eigenvalue weighted by atomic mass is 79.9. The summed E-state index contributed by atoms with van der Waals surface area (Å²) in [5, 5.41) is 0.664. The minimum Gasteiger partial charge on any atom is -0.465 e. The number of benzene rings is 1. The fraction of sp³-hybridized carbons (Fsp3) is 0.385. The quantitative estimate of drug-likeness (QED) is 0.631. The zero-order chi connectivity index (χ0) is 14.0. The molecule has 1 aliphatic heterocycles. The van der Waals surface area contributed by atoms with E-state index in [2.05, 4.69) is 20.7 Å². The molecule has 0 N–H and O–H groups in total. The predicted octanol–water partition coefficient (Wildman–Crippen LogP) is 2.36. The van der Waals surface area contributed by atoms with Gasteiger partial charge in [0.2, 0.25) is 5.91 Å². The summed E-state index contributed by atoms with van der Waals surface area (Å²) in [7, 11) is 1.23. The van der Waals surface area contributed by atoms with Crippen LogP contribution in [0, 0.1) is 11.7 Å². The highest BCUT2D eigenvalue weighted by Gasteiger charge is 2.34. The van der Waals surface area contributed by atoms with Gasteiger partial charge in [0.05, 0.1) is 18.4 Å². The Hall–Kier alpha value is -1.43. The van der Waals surface area contributed by atoms with Gasteiger partial charge < -0.3 is 9.64 Å². The first-order valence-corrected chi connectivity index (χ1v) is 6.93. The van der Waals surface area contributed by atoms with Crippen LogP contribution in [0.15, 0.2) is 18.2 Å². The number of hydrogen-bond acceptors (Lipinski definition) is 3. The van der Waals surface area contributed by atoms with Crippen LogP contribution in [0.25, 0.3) is 0 Å². The summed E-state index contributed by atoms with van der Waals surface area (Å²) in [5.41, 5.74) is 0.0915. The summed E-state index contributed by atoms with van der Waals surface area (Å²) in [6.45, 7) is 0.398. The van der Waals surface area contributed by atoms with Crippen LogP contribution in [0.4, 0.5) is 10.1 Å². The Kier molecular flexibility index (Phi) is 4.19. The molecule has 1 atom stereocenters. The summed E-state index contributed by atoms with van der Waals surface area (Å²) in [6, 6.07) is 4.11. The van der Waals surface area contributed by atoms with Gasteiger partial charge in [0, 0.05) is 18.3 Å². The van der Waals surface area contributed by atoms with Crippen LogP contribution in [-0.4, -0.2) is 30.9 Å². The molecular weight excluding hydrogens is 317 g/mol. The number of halogens is 2. The molecule has 1 heterocycles. The minimum absolute atomic E-state index is 0.0165. The van der Waals surface area contributed by atoms with Crippen LogP contribution >= 0.6 is 15.9 Å². The maximum atomic E-state index is 14.0. The number of carbonyl (C=O) groups is 2. The third-order valence-electron chi connectivity index (χ3n) is 3.09. The summed E-state index contributed by atoms with van der Waals surface area (Å²) in [6.07, 6.45) is 0.347. The van der Waals surface area contributed by atoms with Gasteiger partial charge in [-0.05, 0) is 18.1 Å². The summed E-state index contributed by atoms with van der Waals surface area (Å²) < 4.78 is 18.6. The fourth-order valence-electron chi connectivity index (χ4n) is 2.17. The number of ether oxygens (including phenoxy) is 1. The van der Waals surface area contributed by atoms with Crippen LogP contribution in [0.1, 0.15) is 16.8 Å². The maximum absolute atomic E-state index is 14.0. The van der Waals surface area contributed by atoms with Crippen LogP contribution in [0.3, 0.4) is 0 Å². The molecule has 0 spiro atoms. The molecule has 1 amide bonds. The van der Waals surface area contributed by atoms with Crippen molar-refractivity contribution in [2.75, 3.05) is 23.9 Å². The molecule has 2 rings (SSSR count). The van der Waals surface area contributed by atoms with E-state index in [1.165, 1.54) is 30.2 Å². The third-order valence-corrected chi connectivity index (χ3v) is 4.00. The topological polar surface area (TPSA) is 46.6 Å². The molecule has 102 valence electrons. The lowest BCUT2D eigenvalue weighted by atomic mass is 10.1. The average molecular weight is 330 g/mol. The van der Waals surface area contributed by atoms with Crippen molar-refractivity contribution in [1.82, 2.24) is 0 Å². The molecular formula is C13H13BrFNO3. The smallest absolute Gasteiger partial charge is 0.340 e. The molecule has 19 heavy (non-hydrogen) atoms. The Labute approximate surface area is 118 Å². The van der Waals surface area contributed by atoms with Crippen molar-refractivity contribution in [1.29, 1.82) is 0 Å². The minimum atomic E-state index is -0.649. The highest BCUT2D eigenvalue weighted by molar-refractivity contribution is 9.09. The number of anilines is 1. The second kappa shape index (κ2) is 5.69. The molecule has 0 saturated carbocycles. The van der Waals surface area contributed by atoms with Crippen LogP contribution in [-0.2, 0) is 9.53 Å². The Morgan fingerprint density at radius 3 is 2.89 bits per heavy atom. The zero-order valence-electron chi connectivity index (χ0n) is 10.4. The second-order valence-corrected chi connectivity index (χ2v) is 5.00. The normalized spacial score (nSPS) is 18.8. The van der Waals surface area contributed by atoms with Gasteiger partial charge in [0.25, 0.3) is 0 Å². The second-order valence-electron chi connectivity index (χ2n) is 4.36. The number of rotatable bonds is 3. The lowest BCUT2D eigenvalue weighted by molar-refractivity contribution is -0.117. The van der Waals surface area contributed by atoms with Gasteiger partial charge in [0.1, 0.15) is 5.82 Å². The lowest BCUT2D eigenvalue weighted by Gasteiger charge is -2.20. The number of para-hydroxylation sites is 1. The van der Waals surface area contributed by atoms with Gasteiger partial charge in [0.15, 0.2) is 0 Å². The van der Waals surface area contributed by atoms with E-state index in [1.807, 2.05) is 0 Å². The Bertz CT molecular complexity index is 521. The number of methoxy groups -OCH3 is 1. The van der Waals surface area contributed by atoms with Crippen molar-refractivity contribution >= 4 is 33.5 Å². The van der Waals surface area contributed by atoms with Crippen molar-refractivity contribution in [3.63, 3.8) is 0 Å². The molecule has 1 aliphatic rings. The highest BCUT2D eigenvalue weighted by Crippen LogP contribution is 2.31. The molecule has 0 aromatic heterocycles. The SMILES string of the molecule is COC(=O)c1cccc(F)c1N1CC(CBr)CC1=O. The molecule has 1 unspecified atom stereocenters. The van der Waals surface area contributed by atoms with E-state index in [0.29, 0.717) is 18.3 Å². The molecule has 1 aromatic rings. The first-order valence-electron chi connectivity index (χ1n) is 5.81. The van der Waals surface area contributed by atoms with Gasteiger partial charge in [-0.3, -0.25) is 4.79 Å². The monoisotopic (exact) mass is 329 g/mol. The molecule has 0 aliphatic carbocycles. The Morgan fingerprint density at radius 1 is 1.58 bits per heavy atom. The number of amides is 1. The van der Waals surface area contributed by atoms with Gasteiger partial charge >= 0.3 is 5.97 Å². The van der Waals surface area contributed by atoms with E-state index in [9.17, 15) is 14.0 Å². The van der Waals surface area contributed by atoms with Crippen molar-refractivity contribution in [3.8, 4) is 0 Å². The predicted molar refractivity (Wildman–Crippen MR) is 72.0 cm³/mol. The average Bonchev–Trinajstić information content (AvgIpc) is 2.78. The summed E-state index contributed by atoms with van der Waals surface area (Å²) in [5.74, 6) is -1.30. The molecule has 1 saturated heterocycles. The number of alkyl halides is 1. The molecule has 0 bridgehead atoms. The van der Waals surface area contributed by atoms with Gasteiger partial charge in [-0.15, -0.1) is 0 Å². The van der Waals surface area contributed by atoms with Crippen molar-refractivity contribution in [3.05, 3.63) is 29.6 Å². The maximum Gasteiger partial charge on any atom is 0.340 e. The van der Waals surface area contributed by atoms with Crippen LogP contribution in [0.2, 0.25) is 0 Å². The first kappa shape index (κ1) is 14.0. The Balaban J connectivity index is 2.44. The molecule has 4 nitrogen and oxygen atoms in total. The number of hydrogen-bond donors (Lipinski definition) is 0. The third kappa shape index (κ3) is 2.63. The van der Waals surface area contributed by atoms with Gasteiger partial charge in [-0.1, -0.05) is 22.0 Å². The molecule has 0 radical (unpaired) electrons. The fourth-order valence-corrected chi connectivity index (χ4v) is 2.60. The van der Waals surface area contributed by atoms with Crippen molar-refractivity contribution in [2.45, 2.75) is 6.42 Å². The van der Waals surface area contributed by atoms with Crippen LogP contribution < -0.4 is 4.90 Å². The molecule has 1 fully saturated rings. The lowest BCUT2D eigenvalue weighted by Crippen LogP contribution is -2.28. The van der Waals surface area contributed by atoms with E-state index in [-0.39, 0.29) is 23.1 Å². The summed E-state index contributed by atoms with van der Waals surface area (Å²) >= 11 is 3.32. The number of nitrogens with zero attached hydrogens (tertiary/aromatic N) is 1. The summed E-state index contributed by atoms with van der Waals surface area (Å²) in [4.78, 5) is 24.9. The largest absolute Gasteiger partial charge is 0.465 e. The Morgan fingerprint density at radius 2 is 2.32 bits per heavy atom. The van der Waals surface area contributed by atoms with E-state index >= 15 is 0 Å². The molecule has 6 heteroatoms. The first-order chi connectivity index (χ1) is 9.08. The van der Waals surface area contributed by atoms with Crippen molar-refractivity contribution < 1.29 is 18.7 Å². The zero-order valence-corrected chi connectivity index (χ0v) is 11.9. The van der Waals surface area contributed by atoms with E-state index in [4.69, 9.17) is 0 Å². The van der Waals surface area contributed by atoms with E-state index < -0.39 is 11.8 Å². The van der Waals surface area contributed by atoms with Gasteiger partial charge in [-0.2, -0.15) is 0 Å². The van der Waals surface area contributed by atoms with Gasteiger partial charge in [-0.25, -0.2) is 9.18 Å². The number of carbonyl (C=O) groups excluding carboxylic acids is 2. The van der Waals surface area contributed by atoms with Crippen LogP contribution in [0.5, 0.6) is 0 Å². The standard InChI is InChI=1S/C13H13BrFNO3/c1-19-13(18)9-3-2-4-10(15)12(9)16-7-8(6-14)5-11(16)17/h2-4,8H,5-7H2,1H3. The van der Waals surface area contributed by atoms with E-state index in [0.717, 1.165) is 0 Å². The number of esters is 1. The molecule has 1 aromatic carbocycles.